The monoisotopic (exact) mass is 392 g/mol. The van der Waals surface area contributed by atoms with Gasteiger partial charge in [0.05, 0.1) is 23.0 Å². The minimum atomic E-state index is -2.67. The lowest BCUT2D eigenvalue weighted by Gasteiger charge is -2.33. The third-order valence-electron chi connectivity index (χ3n) is 3.83. The molecule has 3 rings (SSSR count). The number of pyridine rings is 1. The molecule has 6 heteroatoms. The zero-order valence-electron chi connectivity index (χ0n) is 15.1. The van der Waals surface area contributed by atoms with Gasteiger partial charge in [-0.1, -0.05) is 62.4 Å². The highest BCUT2D eigenvalue weighted by Crippen LogP contribution is 2.41. The van der Waals surface area contributed by atoms with Crippen LogP contribution in [0.4, 0.5) is 13.2 Å². The van der Waals surface area contributed by atoms with E-state index < -0.39 is 18.8 Å². The summed E-state index contributed by atoms with van der Waals surface area (Å²) in [6, 6.07) is 10.6. The Morgan fingerprint density at radius 2 is 1.81 bits per heavy atom. The third-order valence-corrected chi connectivity index (χ3v) is 4.13. The number of hydrogen-bond acceptors (Lipinski definition) is 2. The van der Waals surface area contributed by atoms with Crippen LogP contribution in [0.25, 0.3) is 11.3 Å². The molecule has 0 amide bonds. The number of nitrogens with zero attached hydrogens (tertiary/aromatic N) is 2. The molecule has 142 valence electrons. The molecule has 27 heavy (non-hydrogen) atoms. The van der Waals surface area contributed by atoms with Crippen LogP contribution >= 0.6 is 11.6 Å². The molecule has 1 aromatic heterocycles. The van der Waals surface area contributed by atoms with Gasteiger partial charge in [0, 0.05) is 23.5 Å². The lowest BCUT2D eigenvalue weighted by Crippen LogP contribution is -2.30. The Morgan fingerprint density at radius 1 is 1.15 bits per heavy atom. The van der Waals surface area contributed by atoms with Gasteiger partial charge in [-0.2, -0.15) is 0 Å². The molecule has 0 radical (unpaired) electrons. The fourth-order valence-electron chi connectivity index (χ4n) is 2.72. The Bertz CT molecular complexity index is 861. The molecule has 0 atom stereocenters. The van der Waals surface area contributed by atoms with Crippen LogP contribution < -0.4 is 0 Å². The standard InChI is InChI=1S/C19H14ClF3N2.C2H6/c1-12-17(21)9-15(13-5-3-2-4-6-13)19(25(12)11-18(22)23)14-7-8-24-10-16(14)20;1-2/h2-10,18H,1,11H2;1-2H3. The third kappa shape index (κ3) is 4.61. The first-order valence-electron chi connectivity index (χ1n) is 8.50. The first kappa shape index (κ1) is 20.8. The van der Waals surface area contributed by atoms with E-state index in [4.69, 9.17) is 11.6 Å². The van der Waals surface area contributed by atoms with Crippen molar-refractivity contribution in [1.29, 1.82) is 0 Å². The van der Waals surface area contributed by atoms with Crippen LogP contribution in [0.1, 0.15) is 25.0 Å². The van der Waals surface area contributed by atoms with E-state index in [0.29, 0.717) is 22.4 Å². The molecule has 1 aliphatic heterocycles. The summed E-state index contributed by atoms with van der Waals surface area (Å²) in [4.78, 5) is 5.09. The Balaban J connectivity index is 0.00000126. The molecular weight excluding hydrogens is 373 g/mol. The van der Waals surface area contributed by atoms with Gasteiger partial charge in [-0.3, -0.25) is 4.98 Å². The van der Waals surface area contributed by atoms with Crippen LogP contribution in [0.5, 0.6) is 0 Å². The fraction of sp³-hybridized carbons (Fsp3) is 0.190. The van der Waals surface area contributed by atoms with Gasteiger partial charge in [-0.05, 0) is 17.7 Å². The second kappa shape index (κ2) is 9.42. The molecule has 1 aromatic carbocycles. The van der Waals surface area contributed by atoms with Crippen LogP contribution in [0.3, 0.4) is 0 Å². The van der Waals surface area contributed by atoms with E-state index in [1.807, 2.05) is 19.9 Å². The van der Waals surface area contributed by atoms with Crippen molar-refractivity contribution in [3.8, 4) is 0 Å². The van der Waals surface area contributed by atoms with E-state index in [0.717, 1.165) is 0 Å². The number of rotatable bonds is 4. The number of allylic oxidation sites excluding steroid dienone is 3. The maximum atomic E-state index is 14.4. The number of alkyl halides is 2. The van der Waals surface area contributed by atoms with Gasteiger partial charge < -0.3 is 4.90 Å². The Labute approximate surface area is 162 Å². The summed E-state index contributed by atoms with van der Waals surface area (Å²) in [6.45, 7) is 6.93. The molecule has 0 spiro atoms. The first-order chi connectivity index (χ1) is 13.0. The SMILES string of the molecule is C=C1C(F)=CC(c2ccccc2)=C(c2ccncc2Cl)N1CC(F)F.CC. The normalized spacial score (nSPS) is 14.1. The second-order valence-corrected chi connectivity index (χ2v) is 5.83. The molecule has 1 aliphatic rings. The lowest BCUT2D eigenvalue weighted by molar-refractivity contribution is 0.122. The molecule has 0 N–H and O–H groups in total. The van der Waals surface area contributed by atoms with Gasteiger partial charge in [0.25, 0.3) is 6.43 Å². The maximum Gasteiger partial charge on any atom is 0.256 e. The largest absolute Gasteiger partial charge is 0.333 e. The van der Waals surface area contributed by atoms with Crippen molar-refractivity contribution in [1.82, 2.24) is 9.88 Å². The number of hydrogen-bond donors (Lipinski definition) is 0. The van der Waals surface area contributed by atoms with Crippen molar-refractivity contribution < 1.29 is 13.2 Å². The molecule has 2 aromatic rings. The molecule has 2 heterocycles. The summed E-state index contributed by atoms with van der Waals surface area (Å²) < 4.78 is 40.7. The predicted octanol–water partition coefficient (Wildman–Crippen LogP) is 6.58. The highest BCUT2D eigenvalue weighted by molar-refractivity contribution is 6.32. The quantitative estimate of drug-likeness (QED) is 0.584. The first-order valence-corrected chi connectivity index (χ1v) is 8.88. The lowest BCUT2D eigenvalue weighted by atomic mass is 9.95. The van der Waals surface area contributed by atoms with Crippen molar-refractivity contribution in [2.75, 3.05) is 6.54 Å². The van der Waals surface area contributed by atoms with Gasteiger partial charge in [0.1, 0.15) is 5.83 Å². The summed E-state index contributed by atoms with van der Waals surface area (Å²) in [5, 5.41) is 0.286. The van der Waals surface area contributed by atoms with Crippen molar-refractivity contribution in [2.24, 2.45) is 0 Å². The second-order valence-electron chi connectivity index (χ2n) is 5.42. The Hall–Kier alpha value is -2.53. The summed E-state index contributed by atoms with van der Waals surface area (Å²) in [6.07, 6.45) is 1.56. The molecule has 2 nitrogen and oxygen atoms in total. The topological polar surface area (TPSA) is 16.1 Å². The summed E-state index contributed by atoms with van der Waals surface area (Å²) in [5.41, 5.74) is 1.89. The molecule has 0 saturated heterocycles. The van der Waals surface area contributed by atoms with Crippen molar-refractivity contribution in [3.05, 3.63) is 89.1 Å². The van der Waals surface area contributed by atoms with Gasteiger partial charge in [0.15, 0.2) is 0 Å². The van der Waals surface area contributed by atoms with Crippen molar-refractivity contribution in [3.63, 3.8) is 0 Å². The van der Waals surface area contributed by atoms with Gasteiger partial charge in [0.2, 0.25) is 0 Å². The van der Waals surface area contributed by atoms with Crippen LogP contribution in [0.2, 0.25) is 5.02 Å². The average Bonchev–Trinajstić information content (AvgIpc) is 2.68. The Kier molecular flexibility index (Phi) is 7.25. The zero-order chi connectivity index (χ0) is 20.0. The maximum absolute atomic E-state index is 14.4. The number of benzene rings is 1. The highest BCUT2D eigenvalue weighted by Gasteiger charge is 2.29. The number of halogens is 4. The van der Waals surface area contributed by atoms with E-state index in [1.165, 1.54) is 23.4 Å². The van der Waals surface area contributed by atoms with Crippen LogP contribution in [-0.4, -0.2) is 22.9 Å². The fourth-order valence-corrected chi connectivity index (χ4v) is 2.93. The number of aromatic nitrogens is 1. The summed E-state index contributed by atoms with van der Waals surface area (Å²) in [5.74, 6) is -0.659. The molecule has 0 saturated carbocycles. The zero-order valence-corrected chi connectivity index (χ0v) is 15.8. The van der Waals surface area contributed by atoms with Gasteiger partial charge >= 0.3 is 0 Å². The molecule has 0 fully saturated rings. The van der Waals surface area contributed by atoms with Crippen LogP contribution in [0.15, 0.2) is 73.0 Å². The molecular formula is C21H20ClF3N2. The van der Waals surface area contributed by atoms with E-state index in [2.05, 4.69) is 11.6 Å². The van der Waals surface area contributed by atoms with Gasteiger partial charge in [-0.15, -0.1) is 0 Å². The minimum Gasteiger partial charge on any atom is -0.333 e. The van der Waals surface area contributed by atoms with Crippen molar-refractivity contribution >= 4 is 22.9 Å². The van der Waals surface area contributed by atoms with E-state index in [1.54, 1.807) is 30.3 Å². The van der Waals surface area contributed by atoms with E-state index in [-0.39, 0.29) is 10.7 Å². The van der Waals surface area contributed by atoms with E-state index in [9.17, 15) is 13.2 Å². The van der Waals surface area contributed by atoms with Gasteiger partial charge in [-0.25, -0.2) is 13.2 Å². The summed E-state index contributed by atoms with van der Waals surface area (Å²) in [7, 11) is 0. The van der Waals surface area contributed by atoms with Crippen LogP contribution in [0, 0.1) is 0 Å². The smallest absolute Gasteiger partial charge is 0.256 e. The predicted molar refractivity (Wildman–Crippen MR) is 105 cm³/mol. The average molecular weight is 393 g/mol. The van der Waals surface area contributed by atoms with Crippen LogP contribution in [-0.2, 0) is 0 Å². The molecule has 0 bridgehead atoms. The van der Waals surface area contributed by atoms with Crippen molar-refractivity contribution in [2.45, 2.75) is 20.3 Å². The molecule has 0 aliphatic carbocycles. The highest BCUT2D eigenvalue weighted by atomic mass is 35.5. The van der Waals surface area contributed by atoms with E-state index >= 15 is 0 Å². The summed E-state index contributed by atoms with van der Waals surface area (Å²) >= 11 is 6.24. The Morgan fingerprint density at radius 3 is 2.41 bits per heavy atom. The molecule has 0 unspecified atom stereocenters. The minimum absolute atomic E-state index is 0.122.